The lowest BCUT2D eigenvalue weighted by Crippen LogP contribution is -2.14. The lowest BCUT2D eigenvalue weighted by Gasteiger charge is -2.13. The van der Waals surface area contributed by atoms with Crippen LogP contribution in [0, 0.1) is 0 Å². The Morgan fingerprint density at radius 1 is 0.720 bits per heavy atom. The Morgan fingerprint density at radius 2 is 1.12 bits per heavy atom. The molecule has 0 bridgehead atoms. The van der Waals surface area contributed by atoms with Gasteiger partial charge in [-0.2, -0.15) is 0 Å². The molecule has 10 heteroatoms. The third kappa shape index (κ3) is 16.7. The fourth-order valence-electron chi connectivity index (χ4n) is 1.62. The Morgan fingerprint density at radius 3 is 1.52 bits per heavy atom. The summed E-state index contributed by atoms with van der Waals surface area (Å²) in [5.74, 6) is -0.314. The molecule has 0 unspecified atom stereocenters. The average Bonchev–Trinajstić information content (AvgIpc) is 2.60. The molecule has 0 heterocycles. The van der Waals surface area contributed by atoms with Gasteiger partial charge in [0.05, 0.1) is 52.4 Å². The number of ether oxygens (including phenoxy) is 5. The number of rotatable bonds is 18. The van der Waals surface area contributed by atoms with Gasteiger partial charge in [0, 0.05) is 27.8 Å². The topological polar surface area (TPSA) is 98.8 Å². The summed E-state index contributed by atoms with van der Waals surface area (Å²) in [4.78, 5) is 10.5. The highest BCUT2D eigenvalue weighted by atomic mass is 31.2. The molecule has 0 aromatic heterocycles. The molecule has 0 aliphatic heterocycles. The molecule has 0 spiro atoms. The number of esters is 1. The molecule has 25 heavy (non-hydrogen) atoms. The molecule has 0 aliphatic rings. The second kappa shape index (κ2) is 16.9. The van der Waals surface area contributed by atoms with Crippen molar-refractivity contribution in [2.75, 3.05) is 79.8 Å². The van der Waals surface area contributed by atoms with Gasteiger partial charge < -0.3 is 32.7 Å². The molecule has 0 atom stereocenters. The highest BCUT2D eigenvalue weighted by Gasteiger charge is 2.19. The van der Waals surface area contributed by atoms with Crippen LogP contribution < -0.4 is 0 Å². The van der Waals surface area contributed by atoms with Crippen molar-refractivity contribution in [3.63, 3.8) is 0 Å². The van der Waals surface area contributed by atoms with Crippen LogP contribution in [0.2, 0.25) is 0 Å². The monoisotopic (exact) mass is 386 g/mol. The average molecular weight is 386 g/mol. The molecule has 0 saturated carbocycles. The molecule has 0 aromatic carbocycles. The molecule has 0 rings (SSSR count). The van der Waals surface area contributed by atoms with E-state index in [9.17, 15) is 9.36 Å². The van der Waals surface area contributed by atoms with Crippen LogP contribution in [0.4, 0.5) is 0 Å². The van der Waals surface area contributed by atoms with E-state index >= 15 is 0 Å². The van der Waals surface area contributed by atoms with Crippen molar-refractivity contribution in [1.82, 2.24) is 0 Å². The Bertz CT molecular complexity index is 357. The summed E-state index contributed by atoms with van der Waals surface area (Å²) in [6, 6.07) is 0. The van der Waals surface area contributed by atoms with Crippen molar-refractivity contribution >= 4 is 13.6 Å². The lowest BCUT2D eigenvalue weighted by atomic mass is 10.5. The number of carbonyl (C=O) groups excluding carboxylic acids is 1. The summed E-state index contributed by atoms with van der Waals surface area (Å²) in [7, 11) is -0.189. The van der Waals surface area contributed by atoms with Gasteiger partial charge in [0.1, 0.15) is 6.61 Å². The van der Waals surface area contributed by atoms with Crippen LogP contribution in [0.3, 0.4) is 0 Å². The number of carbonyl (C=O) groups is 1. The predicted molar refractivity (Wildman–Crippen MR) is 91.0 cm³/mol. The molecule has 0 fully saturated rings. The van der Waals surface area contributed by atoms with Crippen molar-refractivity contribution in [2.45, 2.75) is 13.3 Å². The summed E-state index contributed by atoms with van der Waals surface area (Å²) in [5, 5.41) is 0. The SMILES string of the molecule is COP(=O)(CCCOCCOCCOCCOCCOC(C)=O)OC. The first kappa shape index (κ1) is 24.5. The molecule has 0 aliphatic carbocycles. The van der Waals surface area contributed by atoms with E-state index in [-0.39, 0.29) is 12.6 Å². The van der Waals surface area contributed by atoms with Gasteiger partial charge in [0.2, 0.25) is 0 Å². The zero-order valence-electron chi connectivity index (χ0n) is 15.4. The standard InChI is InChI=1S/C15H31O9P/c1-15(16)24-13-12-23-11-10-22-9-8-21-7-6-20-5-4-14-25(17,18-2)19-3/h4-14H2,1-3H3. The second-order valence-electron chi connectivity index (χ2n) is 4.84. The first-order valence-electron chi connectivity index (χ1n) is 8.19. The van der Waals surface area contributed by atoms with Gasteiger partial charge in [-0.1, -0.05) is 0 Å². The molecule has 0 radical (unpaired) electrons. The lowest BCUT2D eigenvalue weighted by molar-refractivity contribution is -0.142. The number of hydrogen-bond acceptors (Lipinski definition) is 9. The van der Waals surface area contributed by atoms with Gasteiger partial charge in [0.15, 0.2) is 0 Å². The van der Waals surface area contributed by atoms with E-state index in [1.807, 2.05) is 0 Å². The van der Waals surface area contributed by atoms with E-state index in [2.05, 4.69) is 0 Å². The first-order valence-corrected chi connectivity index (χ1v) is 9.91. The zero-order valence-corrected chi connectivity index (χ0v) is 16.3. The van der Waals surface area contributed by atoms with E-state index in [1.54, 1.807) is 0 Å². The fraction of sp³-hybridized carbons (Fsp3) is 0.933. The Hall–Kier alpha value is -0.540. The van der Waals surface area contributed by atoms with Crippen LogP contribution in [-0.2, 0) is 42.1 Å². The van der Waals surface area contributed by atoms with Crippen LogP contribution in [-0.4, -0.2) is 85.8 Å². The summed E-state index contributed by atoms with van der Waals surface area (Å²) < 4.78 is 47.3. The predicted octanol–water partition coefficient (Wildman–Crippen LogP) is 1.49. The van der Waals surface area contributed by atoms with Gasteiger partial charge >= 0.3 is 13.6 Å². The second-order valence-corrected chi connectivity index (χ2v) is 7.24. The van der Waals surface area contributed by atoms with Gasteiger partial charge in [0.25, 0.3) is 0 Å². The minimum atomic E-state index is -2.93. The summed E-state index contributed by atoms with van der Waals surface area (Å²) >= 11 is 0. The maximum Gasteiger partial charge on any atom is 0.330 e. The van der Waals surface area contributed by atoms with Crippen LogP contribution in [0.1, 0.15) is 13.3 Å². The largest absolute Gasteiger partial charge is 0.463 e. The van der Waals surface area contributed by atoms with Gasteiger partial charge in [-0.25, -0.2) is 0 Å². The fourth-order valence-corrected chi connectivity index (χ4v) is 2.65. The third-order valence-electron chi connectivity index (χ3n) is 2.93. The third-order valence-corrected chi connectivity index (χ3v) is 4.90. The highest BCUT2D eigenvalue weighted by Crippen LogP contribution is 2.46. The normalized spacial score (nSPS) is 11.6. The number of hydrogen-bond donors (Lipinski definition) is 0. The van der Waals surface area contributed by atoms with E-state index in [0.717, 1.165) is 0 Å². The summed E-state index contributed by atoms with van der Waals surface area (Å²) in [5.41, 5.74) is 0. The molecule has 0 saturated heterocycles. The van der Waals surface area contributed by atoms with Crippen molar-refractivity contribution < 1.29 is 42.1 Å². The first-order chi connectivity index (χ1) is 12.0. The van der Waals surface area contributed by atoms with Gasteiger partial charge in [-0.15, -0.1) is 0 Å². The molecule has 0 aromatic rings. The Kier molecular flexibility index (Phi) is 16.5. The van der Waals surface area contributed by atoms with E-state index in [4.69, 9.17) is 32.7 Å². The van der Waals surface area contributed by atoms with Crippen LogP contribution in [0.15, 0.2) is 0 Å². The molecule has 9 nitrogen and oxygen atoms in total. The maximum atomic E-state index is 11.7. The van der Waals surface area contributed by atoms with Crippen molar-refractivity contribution in [1.29, 1.82) is 0 Å². The molecular formula is C15H31O9P. The van der Waals surface area contributed by atoms with Crippen LogP contribution in [0.5, 0.6) is 0 Å². The smallest absolute Gasteiger partial charge is 0.330 e. The van der Waals surface area contributed by atoms with Crippen molar-refractivity contribution in [3.8, 4) is 0 Å². The van der Waals surface area contributed by atoms with E-state index in [1.165, 1.54) is 21.1 Å². The van der Waals surface area contributed by atoms with Gasteiger partial charge in [-0.3, -0.25) is 9.36 Å². The quantitative estimate of drug-likeness (QED) is 0.197. The molecule has 0 amide bonds. The van der Waals surface area contributed by atoms with Crippen molar-refractivity contribution in [2.24, 2.45) is 0 Å². The van der Waals surface area contributed by atoms with Crippen LogP contribution >= 0.6 is 7.60 Å². The molecule has 0 N–H and O–H groups in total. The minimum absolute atomic E-state index is 0.257. The van der Waals surface area contributed by atoms with E-state index in [0.29, 0.717) is 65.4 Å². The van der Waals surface area contributed by atoms with Gasteiger partial charge in [-0.05, 0) is 6.42 Å². The molecule has 150 valence electrons. The van der Waals surface area contributed by atoms with E-state index < -0.39 is 7.60 Å². The summed E-state index contributed by atoms with van der Waals surface area (Å²) in [6.07, 6.45) is 0.928. The highest BCUT2D eigenvalue weighted by molar-refractivity contribution is 7.53. The Labute approximate surface area is 149 Å². The zero-order chi connectivity index (χ0) is 18.8. The minimum Gasteiger partial charge on any atom is -0.463 e. The van der Waals surface area contributed by atoms with Crippen LogP contribution in [0.25, 0.3) is 0 Å². The summed E-state index contributed by atoms with van der Waals surface area (Å²) in [6.45, 7) is 5.22. The Balaban J connectivity index is 3.17. The van der Waals surface area contributed by atoms with Crippen molar-refractivity contribution in [3.05, 3.63) is 0 Å². The maximum absolute atomic E-state index is 11.7. The molecular weight excluding hydrogens is 355 g/mol.